The predicted molar refractivity (Wildman–Crippen MR) is 67.0 cm³/mol. The van der Waals surface area contributed by atoms with E-state index in [1.165, 1.54) is 11.4 Å². The van der Waals surface area contributed by atoms with E-state index in [1.54, 1.807) is 0 Å². The van der Waals surface area contributed by atoms with E-state index in [2.05, 4.69) is 59.6 Å². The summed E-state index contributed by atoms with van der Waals surface area (Å²) in [5, 5.41) is 0. The van der Waals surface area contributed by atoms with Gasteiger partial charge in [-0.05, 0) is 18.9 Å². The molecule has 86 valence electrons. The highest BCUT2D eigenvalue weighted by Crippen LogP contribution is 2.31. The van der Waals surface area contributed by atoms with Crippen LogP contribution < -0.4 is 0 Å². The molecule has 15 heavy (non-hydrogen) atoms. The number of hydrogen-bond donors (Lipinski definition) is 0. The number of hydrogen-bond acceptors (Lipinski definition) is 2. The zero-order valence-electron chi connectivity index (χ0n) is 11.1. The molecule has 0 saturated carbocycles. The average Bonchev–Trinajstić information content (AvgIpc) is 2.06. The van der Waals surface area contributed by atoms with Crippen LogP contribution in [0.4, 0.5) is 0 Å². The zero-order valence-corrected chi connectivity index (χ0v) is 11.1. The lowest BCUT2D eigenvalue weighted by Gasteiger charge is -2.38. The number of allylic oxidation sites excluding steroid dienone is 2. The van der Waals surface area contributed by atoms with E-state index in [-0.39, 0.29) is 11.6 Å². The molecule has 0 aromatic carbocycles. The van der Waals surface area contributed by atoms with Crippen molar-refractivity contribution < 1.29 is 0 Å². The second kappa shape index (κ2) is 3.99. The van der Waals surface area contributed by atoms with Gasteiger partial charge >= 0.3 is 0 Å². The van der Waals surface area contributed by atoms with Crippen LogP contribution >= 0.6 is 0 Å². The first-order chi connectivity index (χ1) is 6.73. The van der Waals surface area contributed by atoms with Crippen LogP contribution in [0.25, 0.3) is 0 Å². The van der Waals surface area contributed by atoms with Gasteiger partial charge in [-0.1, -0.05) is 34.6 Å². The Morgan fingerprint density at radius 3 is 2.27 bits per heavy atom. The van der Waals surface area contributed by atoms with Crippen LogP contribution in [0, 0.1) is 11.3 Å². The van der Waals surface area contributed by atoms with Crippen molar-refractivity contribution >= 4 is 5.71 Å². The standard InChI is InChI=1S/C13H24N2/c1-9(2)11-8-12(13(4,5)6)15(7)10(3)14-11/h8-10H,1-7H3. The van der Waals surface area contributed by atoms with E-state index in [9.17, 15) is 0 Å². The predicted octanol–water partition coefficient (Wildman–Crippen LogP) is 3.30. The Hall–Kier alpha value is -0.790. The van der Waals surface area contributed by atoms with Crippen LogP contribution in [-0.2, 0) is 0 Å². The highest BCUT2D eigenvalue weighted by molar-refractivity contribution is 5.97. The van der Waals surface area contributed by atoms with Gasteiger partial charge in [0.2, 0.25) is 0 Å². The van der Waals surface area contributed by atoms with Crippen LogP contribution in [0.3, 0.4) is 0 Å². The van der Waals surface area contributed by atoms with E-state index >= 15 is 0 Å². The second-order valence-electron chi connectivity index (χ2n) is 5.73. The third-order valence-corrected chi connectivity index (χ3v) is 2.92. The van der Waals surface area contributed by atoms with Gasteiger partial charge in [-0.25, -0.2) is 0 Å². The van der Waals surface area contributed by atoms with E-state index < -0.39 is 0 Å². The maximum absolute atomic E-state index is 4.69. The minimum Gasteiger partial charge on any atom is -0.356 e. The molecule has 0 aromatic rings. The van der Waals surface area contributed by atoms with Crippen LogP contribution in [0.15, 0.2) is 16.8 Å². The summed E-state index contributed by atoms with van der Waals surface area (Å²) in [6, 6.07) is 0. The van der Waals surface area contributed by atoms with Crippen molar-refractivity contribution in [2.24, 2.45) is 16.3 Å². The summed E-state index contributed by atoms with van der Waals surface area (Å²) in [6.45, 7) is 13.3. The molecule has 0 fully saturated rings. The molecule has 0 radical (unpaired) electrons. The largest absolute Gasteiger partial charge is 0.356 e. The summed E-state index contributed by atoms with van der Waals surface area (Å²) in [5.41, 5.74) is 2.80. The highest BCUT2D eigenvalue weighted by atomic mass is 15.2. The maximum atomic E-state index is 4.69. The van der Waals surface area contributed by atoms with Crippen LogP contribution in [0.5, 0.6) is 0 Å². The molecule has 2 heteroatoms. The van der Waals surface area contributed by atoms with Gasteiger partial charge in [0.1, 0.15) is 6.17 Å². The summed E-state index contributed by atoms with van der Waals surface area (Å²) < 4.78 is 0. The van der Waals surface area contributed by atoms with Crippen molar-refractivity contribution in [3.05, 3.63) is 11.8 Å². The monoisotopic (exact) mass is 208 g/mol. The Kier molecular flexibility index (Phi) is 3.27. The van der Waals surface area contributed by atoms with Crippen LogP contribution in [-0.4, -0.2) is 23.8 Å². The first kappa shape index (κ1) is 12.3. The van der Waals surface area contributed by atoms with Gasteiger partial charge in [0.25, 0.3) is 0 Å². The fourth-order valence-electron chi connectivity index (χ4n) is 1.84. The molecular weight excluding hydrogens is 184 g/mol. The van der Waals surface area contributed by atoms with Gasteiger partial charge in [-0.3, -0.25) is 4.99 Å². The summed E-state index contributed by atoms with van der Waals surface area (Å²) >= 11 is 0. The number of nitrogens with zero attached hydrogens (tertiary/aromatic N) is 2. The average molecular weight is 208 g/mol. The summed E-state index contributed by atoms with van der Waals surface area (Å²) in [7, 11) is 2.13. The molecule has 0 bridgehead atoms. The lowest BCUT2D eigenvalue weighted by Crippen LogP contribution is -2.37. The van der Waals surface area contributed by atoms with Gasteiger partial charge in [-0.2, -0.15) is 0 Å². The van der Waals surface area contributed by atoms with Crippen molar-refractivity contribution in [3.8, 4) is 0 Å². The minimum absolute atomic E-state index is 0.194. The molecule has 1 atom stereocenters. The van der Waals surface area contributed by atoms with Crippen molar-refractivity contribution in [2.75, 3.05) is 7.05 Å². The van der Waals surface area contributed by atoms with E-state index in [0.717, 1.165) is 0 Å². The second-order valence-corrected chi connectivity index (χ2v) is 5.73. The molecule has 0 spiro atoms. The van der Waals surface area contributed by atoms with Gasteiger partial charge in [0, 0.05) is 23.9 Å². The molecule has 0 saturated heterocycles. The van der Waals surface area contributed by atoms with E-state index in [1.807, 2.05) is 0 Å². The normalized spacial score (nSPS) is 22.9. The molecule has 0 aromatic heterocycles. The molecule has 1 heterocycles. The quantitative estimate of drug-likeness (QED) is 0.645. The molecule has 2 nitrogen and oxygen atoms in total. The van der Waals surface area contributed by atoms with Gasteiger partial charge < -0.3 is 4.90 Å². The molecule has 1 aliphatic heterocycles. The third kappa shape index (κ3) is 2.61. The van der Waals surface area contributed by atoms with Crippen molar-refractivity contribution in [3.63, 3.8) is 0 Å². The minimum atomic E-state index is 0.194. The topological polar surface area (TPSA) is 15.6 Å². The van der Waals surface area contributed by atoms with Crippen molar-refractivity contribution in [1.82, 2.24) is 4.90 Å². The van der Waals surface area contributed by atoms with Gasteiger partial charge in [0.05, 0.1) is 0 Å². The Morgan fingerprint density at radius 2 is 1.87 bits per heavy atom. The zero-order chi connectivity index (χ0) is 11.8. The summed E-state index contributed by atoms with van der Waals surface area (Å²) in [5.74, 6) is 0.512. The maximum Gasteiger partial charge on any atom is 0.118 e. The Balaban J connectivity index is 3.09. The van der Waals surface area contributed by atoms with Gasteiger partial charge in [0.15, 0.2) is 0 Å². The Bertz CT molecular complexity index is 292. The molecule has 1 rings (SSSR count). The first-order valence-electron chi connectivity index (χ1n) is 5.76. The molecule has 1 unspecified atom stereocenters. The number of aliphatic imine (C=N–C) groups is 1. The lowest BCUT2D eigenvalue weighted by molar-refractivity contribution is 0.255. The third-order valence-electron chi connectivity index (χ3n) is 2.92. The summed E-state index contributed by atoms with van der Waals surface area (Å²) in [4.78, 5) is 6.96. The molecule has 0 amide bonds. The highest BCUT2D eigenvalue weighted by Gasteiger charge is 2.27. The number of rotatable bonds is 1. The van der Waals surface area contributed by atoms with E-state index in [4.69, 9.17) is 4.99 Å². The van der Waals surface area contributed by atoms with Crippen LogP contribution in [0.2, 0.25) is 0 Å². The smallest absolute Gasteiger partial charge is 0.118 e. The Labute approximate surface area is 94.1 Å². The Morgan fingerprint density at radius 1 is 1.33 bits per heavy atom. The van der Waals surface area contributed by atoms with Crippen molar-refractivity contribution in [1.29, 1.82) is 0 Å². The summed E-state index contributed by atoms with van der Waals surface area (Å²) in [6.07, 6.45) is 2.52. The molecule has 0 N–H and O–H groups in total. The SMILES string of the molecule is CC(C)C1=NC(C)N(C)C(C(C)(C)C)=C1. The lowest BCUT2D eigenvalue weighted by atomic mass is 9.88. The molecule has 1 aliphatic rings. The molecular formula is C13H24N2. The van der Waals surface area contributed by atoms with Gasteiger partial charge in [-0.15, -0.1) is 0 Å². The van der Waals surface area contributed by atoms with Crippen LogP contribution in [0.1, 0.15) is 41.5 Å². The van der Waals surface area contributed by atoms with Crippen molar-refractivity contribution in [2.45, 2.75) is 47.7 Å². The first-order valence-corrected chi connectivity index (χ1v) is 5.76. The fourth-order valence-corrected chi connectivity index (χ4v) is 1.84. The van der Waals surface area contributed by atoms with E-state index in [0.29, 0.717) is 5.92 Å². The fraction of sp³-hybridized carbons (Fsp3) is 0.769. The molecule has 0 aliphatic carbocycles.